The maximum Gasteiger partial charge on any atom is 0.234 e. The second-order valence-electron chi connectivity index (χ2n) is 8.88. The number of morpholine rings is 1. The standard InChI is InChI=1S/C23H35ClN4O2/c24-20-6-2-3-7-21(20)27-12-10-26(11-13-27)18-22(29)25-19-23(8-4-1-5-9-23)28-14-16-30-17-15-28/h2-3,6-7H,1,4-5,8-19H2,(H,25,29). The molecule has 6 nitrogen and oxygen atoms in total. The molecule has 30 heavy (non-hydrogen) atoms. The zero-order chi connectivity index (χ0) is 20.8. The fraction of sp³-hybridized carbons (Fsp3) is 0.696. The van der Waals surface area contributed by atoms with E-state index in [1.807, 2.05) is 18.2 Å². The Labute approximate surface area is 185 Å². The Morgan fingerprint density at radius 2 is 1.70 bits per heavy atom. The van der Waals surface area contributed by atoms with E-state index in [0.29, 0.717) is 6.54 Å². The van der Waals surface area contributed by atoms with Gasteiger partial charge in [0.25, 0.3) is 0 Å². The fourth-order valence-corrected chi connectivity index (χ4v) is 5.48. The molecule has 1 N–H and O–H groups in total. The van der Waals surface area contributed by atoms with E-state index in [1.165, 1.54) is 32.1 Å². The van der Waals surface area contributed by atoms with Crippen LogP contribution in [-0.4, -0.2) is 86.8 Å². The normalized spacial score (nSPS) is 23.3. The predicted molar refractivity (Wildman–Crippen MR) is 121 cm³/mol. The molecule has 4 rings (SSSR count). The van der Waals surface area contributed by atoms with Gasteiger partial charge in [0.15, 0.2) is 0 Å². The third-order valence-electron chi connectivity index (χ3n) is 7.01. The zero-order valence-electron chi connectivity index (χ0n) is 18.0. The number of nitrogens with one attached hydrogen (secondary N) is 1. The smallest absolute Gasteiger partial charge is 0.234 e. The van der Waals surface area contributed by atoms with E-state index in [2.05, 4.69) is 26.1 Å². The molecule has 2 aliphatic heterocycles. The van der Waals surface area contributed by atoms with Gasteiger partial charge in [-0.3, -0.25) is 14.6 Å². The van der Waals surface area contributed by atoms with Crippen LogP contribution >= 0.6 is 11.6 Å². The summed E-state index contributed by atoms with van der Waals surface area (Å²) in [5.41, 5.74) is 1.22. The number of piperazine rings is 1. The van der Waals surface area contributed by atoms with Crippen LogP contribution in [0.5, 0.6) is 0 Å². The molecule has 0 aromatic heterocycles. The summed E-state index contributed by atoms with van der Waals surface area (Å²) in [5.74, 6) is 0.152. The number of carbonyl (C=O) groups is 1. The SMILES string of the molecule is O=C(CN1CCN(c2ccccc2Cl)CC1)NCC1(N2CCOCC2)CCCCC1. The second-order valence-corrected chi connectivity index (χ2v) is 9.28. The Kier molecular flexibility index (Phi) is 7.52. The number of hydrogen-bond donors (Lipinski definition) is 1. The predicted octanol–water partition coefficient (Wildman–Crippen LogP) is 2.61. The zero-order valence-corrected chi connectivity index (χ0v) is 18.7. The molecule has 0 unspecified atom stereocenters. The van der Waals surface area contributed by atoms with Crippen molar-refractivity contribution in [3.05, 3.63) is 29.3 Å². The molecular weight excluding hydrogens is 400 g/mol. The Hall–Kier alpha value is -1.34. The minimum absolute atomic E-state index is 0.125. The molecule has 1 amide bonds. The highest BCUT2D eigenvalue weighted by molar-refractivity contribution is 6.33. The van der Waals surface area contributed by atoms with E-state index in [1.54, 1.807) is 0 Å². The van der Waals surface area contributed by atoms with Crippen molar-refractivity contribution in [1.82, 2.24) is 15.1 Å². The molecule has 1 saturated carbocycles. The van der Waals surface area contributed by atoms with E-state index < -0.39 is 0 Å². The molecule has 0 atom stereocenters. The Balaban J connectivity index is 1.26. The van der Waals surface area contributed by atoms with Crippen LogP contribution in [0, 0.1) is 0 Å². The molecule has 3 aliphatic rings. The number of carbonyl (C=O) groups excluding carboxylic acids is 1. The lowest BCUT2D eigenvalue weighted by atomic mass is 9.79. The number of rotatable bonds is 6. The van der Waals surface area contributed by atoms with Crippen molar-refractivity contribution < 1.29 is 9.53 Å². The number of para-hydroxylation sites is 1. The van der Waals surface area contributed by atoms with Gasteiger partial charge in [-0.2, -0.15) is 0 Å². The maximum absolute atomic E-state index is 12.8. The molecule has 0 radical (unpaired) electrons. The largest absolute Gasteiger partial charge is 0.379 e. The summed E-state index contributed by atoms with van der Waals surface area (Å²) in [6.45, 7) is 8.40. The number of nitrogens with zero attached hydrogens (tertiary/aromatic N) is 3. The molecule has 2 saturated heterocycles. The summed E-state index contributed by atoms with van der Waals surface area (Å²) in [4.78, 5) is 19.9. The lowest BCUT2D eigenvalue weighted by molar-refractivity contribution is -0.123. The van der Waals surface area contributed by atoms with Crippen molar-refractivity contribution in [1.29, 1.82) is 0 Å². The minimum Gasteiger partial charge on any atom is -0.379 e. The van der Waals surface area contributed by atoms with E-state index >= 15 is 0 Å². The van der Waals surface area contributed by atoms with Crippen molar-refractivity contribution >= 4 is 23.2 Å². The number of amides is 1. The lowest BCUT2D eigenvalue weighted by Gasteiger charge is -2.48. The van der Waals surface area contributed by atoms with E-state index in [4.69, 9.17) is 16.3 Å². The second kappa shape index (κ2) is 10.3. The van der Waals surface area contributed by atoms with Crippen LogP contribution in [0.2, 0.25) is 5.02 Å². The molecule has 7 heteroatoms. The van der Waals surface area contributed by atoms with Crippen molar-refractivity contribution in [3.8, 4) is 0 Å². The first-order valence-electron chi connectivity index (χ1n) is 11.5. The van der Waals surface area contributed by atoms with Crippen LogP contribution in [0.1, 0.15) is 32.1 Å². The number of hydrogen-bond acceptors (Lipinski definition) is 5. The monoisotopic (exact) mass is 434 g/mol. The molecular formula is C23H35ClN4O2. The van der Waals surface area contributed by atoms with Crippen LogP contribution in [0.15, 0.2) is 24.3 Å². The van der Waals surface area contributed by atoms with Crippen molar-refractivity contribution in [3.63, 3.8) is 0 Å². The molecule has 166 valence electrons. The lowest BCUT2D eigenvalue weighted by Crippen LogP contribution is -2.60. The fourth-order valence-electron chi connectivity index (χ4n) is 5.23. The first kappa shape index (κ1) is 21.9. The van der Waals surface area contributed by atoms with Gasteiger partial charge < -0.3 is 15.0 Å². The molecule has 3 fully saturated rings. The number of anilines is 1. The maximum atomic E-state index is 12.8. The van der Waals surface area contributed by atoms with Gasteiger partial charge in [-0.1, -0.05) is 43.0 Å². The van der Waals surface area contributed by atoms with Gasteiger partial charge in [-0.05, 0) is 25.0 Å². The van der Waals surface area contributed by atoms with Gasteiger partial charge in [-0.15, -0.1) is 0 Å². The molecule has 0 bridgehead atoms. The van der Waals surface area contributed by atoms with Gasteiger partial charge in [0.2, 0.25) is 5.91 Å². The van der Waals surface area contributed by atoms with E-state index in [-0.39, 0.29) is 11.4 Å². The van der Waals surface area contributed by atoms with E-state index in [9.17, 15) is 4.79 Å². The summed E-state index contributed by atoms with van der Waals surface area (Å²) in [7, 11) is 0. The quantitative estimate of drug-likeness (QED) is 0.745. The molecule has 1 aliphatic carbocycles. The topological polar surface area (TPSA) is 48.1 Å². The van der Waals surface area contributed by atoms with Crippen molar-refractivity contribution in [2.75, 3.05) is 70.5 Å². The summed E-state index contributed by atoms with van der Waals surface area (Å²) < 4.78 is 5.56. The Morgan fingerprint density at radius 3 is 2.40 bits per heavy atom. The first-order chi connectivity index (χ1) is 14.7. The minimum atomic E-state index is 0.125. The van der Waals surface area contributed by atoms with Gasteiger partial charge in [0.1, 0.15) is 0 Å². The number of ether oxygens (including phenoxy) is 1. The molecule has 2 heterocycles. The Morgan fingerprint density at radius 1 is 1.00 bits per heavy atom. The number of halogens is 1. The van der Waals surface area contributed by atoms with Gasteiger partial charge >= 0.3 is 0 Å². The number of benzene rings is 1. The van der Waals surface area contributed by atoms with Crippen molar-refractivity contribution in [2.24, 2.45) is 0 Å². The average molecular weight is 435 g/mol. The summed E-state index contributed by atoms with van der Waals surface area (Å²) in [6.07, 6.45) is 6.21. The van der Waals surface area contributed by atoms with Gasteiger partial charge in [-0.25, -0.2) is 0 Å². The van der Waals surface area contributed by atoms with E-state index in [0.717, 1.165) is 69.7 Å². The summed E-state index contributed by atoms with van der Waals surface area (Å²) >= 11 is 6.34. The average Bonchev–Trinajstić information content (AvgIpc) is 2.80. The van der Waals surface area contributed by atoms with Crippen LogP contribution < -0.4 is 10.2 Å². The Bertz CT molecular complexity index is 696. The summed E-state index contributed by atoms with van der Waals surface area (Å²) in [6, 6.07) is 7.99. The molecule has 0 spiro atoms. The first-order valence-corrected chi connectivity index (χ1v) is 11.9. The highest BCUT2D eigenvalue weighted by Gasteiger charge is 2.38. The van der Waals surface area contributed by atoms with Gasteiger partial charge in [0, 0.05) is 51.4 Å². The molecule has 1 aromatic rings. The summed E-state index contributed by atoms with van der Waals surface area (Å²) in [5, 5.41) is 4.09. The van der Waals surface area contributed by atoms with Crippen LogP contribution in [-0.2, 0) is 9.53 Å². The van der Waals surface area contributed by atoms with Crippen molar-refractivity contribution in [2.45, 2.75) is 37.6 Å². The van der Waals surface area contributed by atoms with Gasteiger partial charge in [0.05, 0.1) is 30.5 Å². The third kappa shape index (κ3) is 5.28. The van der Waals surface area contributed by atoms with Crippen LogP contribution in [0.3, 0.4) is 0 Å². The molecule has 1 aromatic carbocycles. The van der Waals surface area contributed by atoms with Crippen LogP contribution in [0.25, 0.3) is 0 Å². The highest BCUT2D eigenvalue weighted by Crippen LogP contribution is 2.34. The third-order valence-corrected chi connectivity index (χ3v) is 7.33. The highest BCUT2D eigenvalue weighted by atomic mass is 35.5. The van der Waals surface area contributed by atoms with Crippen LogP contribution in [0.4, 0.5) is 5.69 Å².